The molecule has 0 spiro atoms. The molecule has 7 nitrogen and oxygen atoms in total. The lowest BCUT2D eigenvalue weighted by molar-refractivity contribution is -0.123. The van der Waals surface area contributed by atoms with Gasteiger partial charge in [-0.2, -0.15) is 8.78 Å². The third-order valence-electron chi connectivity index (χ3n) is 6.52. The van der Waals surface area contributed by atoms with Gasteiger partial charge in [0.05, 0.1) is 20.8 Å². The third-order valence-corrected chi connectivity index (χ3v) is 7.68. The summed E-state index contributed by atoms with van der Waals surface area (Å²) in [5, 5.41) is 5.41. The number of thiophene rings is 1. The SMILES string of the molecule is O=C(Nc1ccc(Oc2ccnc3cc(-c4ccc(CN5CCCC5(F)F)cn4)sc23)c(F)c1)NC1CC1. The Bertz CT molecular complexity index is 1490. The number of amides is 2. The van der Waals surface area contributed by atoms with Crippen LogP contribution in [0, 0.1) is 5.82 Å². The van der Waals surface area contributed by atoms with E-state index in [9.17, 15) is 18.0 Å². The Morgan fingerprint density at radius 1 is 1.13 bits per heavy atom. The molecule has 2 aliphatic rings. The molecule has 38 heavy (non-hydrogen) atoms. The number of likely N-dealkylation sites (tertiary alicyclic amines) is 1. The van der Waals surface area contributed by atoms with Crippen molar-refractivity contribution in [1.29, 1.82) is 0 Å². The minimum absolute atomic E-state index is 0.0155. The van der Waals surface area contributed by atoms with E-state index in [0.29, 0.717) is 35.6 Å². The van der Waals surface area contributed by atoms with Gasteiger partial charge in [0.1, 0.15) is 5.75 Å². The van der Waals surface area contributed by atoms with Crippen LogP contribution in [0.4, 0.5) is 23.7 Å². The van der Waals surface area contributed by atoms with E-state index in [4.69, 9.17) is 4.74 Å². The van der Waals surface area contributed by atoms with Gasteiger partial charge in [-0.15, -0.1) is 11.3 Å². The Labute approximate surface area is 220 Å². The maximum atomic E-state index is 14.8. The molecule has 4 heterocycles. The normalized spacial score (nSPS) is 17.0. The summed E-state index contributed by atoms with van der Waals surface area (Å²) in [6, 6.07) is 8.45. The van der Waals surface area contributed by atoms with Crippen molar-refractivity contribution in [2.45, 2.75) is 44.3 Å². The van der Waals surface area contributed by atoms with E-state index in [2.05, 4.69) is 20.6 Å². The summed E-state index contributed by atoms with van der Waals surface area (Å²) in [6.07, 6.45) is 5.49. The number of nitrogens with zero attached hydrogens (tertiary/aromatic N) is 3. The zero-order valence-corrected chi connectivity index (χ0v) is 21.0. The topological polar surface area (TPSA) is 79.4 Å². The number of carbonyl (C=O) groups excluding carboxylic acids is 1. The number of benzene rings is 1. The highest BCUT2D eigenvalue weighted by molar-refractivity contribution is 7.22. The highest BCUT2D eigenvalue weighted by Crippen LogP contribution is 2.39. The van der Waals surface area contributed by atoms with Crippen LogP contribution in [0.2, 0.25) is 0 Å². The van der Waals surface area contributed by atoms with Crippen molar-refractivity contribution in [3.63, 3.8) is 0 Å². The van der Waals surface area contributed by atoms with E-state index in [1.165, 1.54) is 28.4 Å². The lowest BCUT2D eigenvalue weighted by Crippen LogP contribution is -2.34. The van der Waals surface area contributed by atoms with Crippen molar-refractivity contribution in [2.24, 2.45) is 0 Å². The Hall–Kier alpha value is -3.70. The van der Waals surface area contributed by atoms with Crippen LogP contribution in [0.5, 0.6) is 11.5 Å². The number of ether oxygens (including phenoxy) is 1. The number of anilines is 1. The van der Waals surface area contributed by atoms with Gasteiger partial charge in [-0.3, -0.25) is 9.97 Å². The lowest BCUT2D eigenvalue weighted by atomic mass is 10.2. The Balaban J connectivity index is 1.18. The largest absolute Gasteiger partial charge is 0.453 e. The van der Waals surface area contributed by atoms with Crippen LogP contribution in [-0.4, -0.2) is 39.5 Å². The Kier molecular flexibility index (Phi) is 6.40. The summed E-state index contributed by atoms with van der Waals surface area (Å²) >= 11 is 1.40. The first-order valence-electron chi connectivity index (χ1n) is 12.4. The van der Waals surface area contributed by atoms with E-state index >= 15 is 0 Å². The molecular weight excluding hydrogens is 515 g/mol. The molecule has 1 aliphatic heterocycles. The first-order chi connectivity index (χ1) is 18.3. The van der Waals surface area contributed by atoms with E-state index in [-0.39, 0.29) is 30.8 Å². The fraction of sp³-hybridized carbons (Fsp3) is 0.296. The number of hydrogen-bond donors (Lipinski definition) is 2. The van der Waals surface area contributed by atoms with Crippen molar-refractivity contribution in [1.82, 2.24) is 20.2 Å². The molecule has 4 aromatic rings. The molecule has 6 rings (SSSR count). The molecule has 1 saturated heterocycles. The third kappa shape index (κ3) is 5.30. The molecule has 0 bridgehead atoms. The van der Waals surface area contributed by atoms with Gasteiger partial charge in [0.25, 0.3) is 0 Å². The van der Waals surface area contributed by atoms with Gasteiger partial charge in [-0.05, 0) is 49.1 Å². The zero-order valence-electron chi connectivity index (χ0n) is 20.2. The second-order valence-corrected chi connectivity index (χ2v) is 10.5. The molecule has 3 aromatic heterocycles. The minimum atomic E-state index is -2.77. The molecule has 196 valence electrons. The van der Waals surface area contributed by atoms with E-state index in [1.807, 2.05) is 12.1 Å². The van der Waals surface area contributed by atoms with Gasteiger partial charge in [0, 0.05) is 55.8 Å². The van der Waals surface area contributed by atoms with Gasteiger partial charge < -0.3 is 15.4 Å². The average Bonchev–Trinajstić information content (AvgIpc) is 3.47. The molecule has 0 radical (unpaired) electrons. The standard InChI is InChI=1S/C27H24F3N5O2S/c28-19-12-18(34-26(36)33-17-3-4-17)5-7-22(19)37-23-8-10-31-21-13-24(38-25(21)23)20-6-2-16(14-32-20)15-35-11-1-9-27(35,29)30/h2,5-8,10,12-14,17H,1,3-4,9,11,15H2,(H2,33,34,36). The number of fused-ring (bicyclic) bond motifs is 1. The number of nitrogens with one attached hydrogen (secondary N) is 2. The smallest absolute Gasteiger partial charge is 0.319 e. The highest BCUT2D eigenvalue weighted by Gasteiger charge is 2.41. The minimum Gasteiger partial charge on any atom is -0.453 e. The molecule has 2 N–H and O–H groups in total. The van der Waals surface area contributed by atoms with Crippen molar-refractivity contribution >= 4 is 33.3 Å². The van der Waals surface area contributed by atoms with Crippen molar-refractivity contribution in [3.8, 4) is 22.1 Å². The van der Waals surface area contributed by atoms with Gasteiger partial charge in [-0.1, -0.05) is 6.07 Å². The van der Waals surface area contributed by atoms with Crippen molar-refractivity contribution < 1.29 is 22.7 Å². The van der Waals surface area contributed by atoms with Gasteiger partial charge in [-0.25, -0.2) is 14.1 Å². The average molecular weight is 540 g/mol. The summed E-state index contributed by atoms with van der Waals surface area (Å²) < 4.78 is 49.3. The number of carbonyl (C=O) groups is 1. The second kappa shape index (κ2) is 9.88. The number of halogens is 3. The van der Waals surface area contributed by atoms with Crippen LogP contribution in [-0.2, 0) is 6.54 Å². The Morgan fingerprint density at radius 3 is 2.71 bits per heavy atom. The molecule has 0 atom stereocenters. The number of aromatic nitrogens is 2. The second-order valence-electron chi connectivity index (χ2n) is 9.50. The first kappa shape index (κ1) is 24.6. The summed E-state index contributed by atoms with van der Waals surface area (Å²) in [5.41, 5.74) is 2.40. The van der Waals surface area contributed by atoms with Crippen LogP contribution in [0.3, 0.4) is 0 Å². The van der Waals surface area contributed by atoms with E-state index < -0.39 is 11.9 Å². The van der Waals surface area contributed by atoms with E-state index in [1.54, 1.807) is 30.6 Å². The highest BCUT2D eigenvalue weighted by atomic mass is 32.1. The zero-order chi connectivity index (χ0) is 26.3. The maximum absolute atomic E-state index is 14.8. The quantitative estimate of drug-likeness (QED) is 0.254. The number of alkyl halides is 2. The molecule has 0 unspecified atom stereocenters. The summed E-state index contributed by atoms with van der Waals surface area (Å²) in [6.45, 7) is 0.520. The lowest BCUT2D eigenvalue weighted by Gasteiger charge is -2.23. The molecular formula is C27H24F3N5O2S. The van der Waals surface area contributed by atoms with Gasteiger partial charge >= 0.3 is 12.1 Å². The number of hydrogen-bond acceptors (Lipinski definition) is 6. The molecule has 1 saturated carbocycles. The molecule has 2 fully saturated rings. The number of pyridine rings is 2. The fourth-order valence-electron chi connectivity index (χ4n) is 4.36. The van der Waals surface area contributed by atoms with Crippen LogP contribution in [0.15, 0.2) is 54.9 Å². The molecule has 1 aromatic carbocycles. The van der Waals surface area contributed by atoms with Crippen LogP contribution in [0.25, 0.3) is 20.8 Å². The van der Waals surface area contributed by atoms with Crippen LogP contribution >= 0.6 is 11.3 Å². The van der Waals surface area contributed by atoms with Crippen LogP contribution < -0.4 is 15.4 Å². The monoisotopic (exact) mass is 539 g/mol. The summed E-state index contributed by atoms with van der Waals surface area (Å²) in [7, 11) is 0. The van der Waals surface area contributed by atoms with E-state index in [0.717, 1.165) is 28.0 Å². The summed E-state index contributed by atoms with van der Waals surface area (Å²) in [4.78, 5) is 22.8. The molecule has 11 heteroatoms. The number of rotatable bonds is 7. The van der Waals surface area contributed by atoms with Crippen LogP contribution in [0.1, 0.15) is 31.2 Å². The fourth-order valence-corrected chi connectivity index (χ4v) is 5.41. The maximum Gasteiger partial charge on any atom is 0.319 e. The van der Waals surface area contributed by atoms with Gasteiger partial charge in [0.2, 0.25) is 0 Å². The van der Waals surface area contributed by atoms with Gasteiger partial charge in [0.15, 0.2) is 11.6 Å². The molecule has 2 amide bonds. The summed E-state index contributed by atoms with van der Waals surface area (Å²) in [5.74, 6) is -0.163. The number of urea groups is 1. The predicted molar refractivity (Wildman–Crippen MR) is 139 cm³/mol. The molecule has 1 aliphatic carbocycles. The first-order valence-corrected chi connectivity index (χ1v) is 13.2. The van der Waals surface area contributed by atoms with Crippen molar-refractivity contribution in [2.75, 3.05) is 11.9 Å². The predicted octanol–water partition coefficient (Wildman–Crippen LogP) is 6.76. The Morgan fingerprint density at radius 2 is 2.00 bits per heavy atom. The van der Waals surface area contributed by atoms with Crippen molar-refractivity contribution in [3.05, 3.63) is 66.2 Å².